The maximum absolute atomic E-state index is 6.17. The number of H-pyrrole nitrogens is 1. The predicted octanol–water partition coefficient (Wildman–Crippen LogP) is 4.81. The van der Waals surface area contributed by atoms with Gasteiger partial charge in [0.1, 0.15) is 0 Å². The molecule has 3 aromatic rings. The van der Waals surface area contributed by atoms with Crippen molar-refractivity contribution in [1.82, 2.24) is 14.9 Å². The first kappa shape index (κ1) is 18.4. The third kappa shape index (κ3) is 3.75. The van der Waals surface area contributed by atoms with E-state index in [4.69, 9.17) is 44.9 Å². The van der Waals surface area contributed by atoms with Crippen molar-refractivity contribution >= 4 is 41.6 Å². The van der Waals surface area contributed by atoms with E-state index in [2.05, 4.69) is 15.3 Å². The molecule has 0 fully saturated rings. The second-order valence-corrected chi connectivity index (χ2v) is 6.37. The number of nitrogens with zero attached hydrogens (tertiary/aromatic N) is 3. The number of benzene rings is 2. The van der Waals surface area contributed by atoms with Gasteiger partial charge in [0.05, 0.1) is 25.5 Å². The summed E-state index contributed by atoms with van der Waals surface area (Å²) in [5, 5.41) is 12.4. The number of aromatic nitrogens is 3. The molecule has 0 spiro atoms. The predicted molar refractivity (Wildman–Crippen MR) is 105 cm³/mol. The molecule has 1 aromatic heterocycles. The van der Waals surface area contributed by atoms with Crippen LogP contribution in [0.4, 0.5) is 0 Å². The fourth-order valence-corrected chi connectivity index (χ4v) is 2.92. The van der Waals surface area contributed by atoms with Crippen LogP contribution >= 0.6 is 35.4 Å². The van der Waals surface area contributed by atoms with Crippen molar-refractivity contribution in [3.63, 3.8) is 0 Å². The number of halogens is 2. The van der Waals surface area contributed by atoms with Crippen LogP contribution in [0.3, 0.4) is 0 Å². The highest BCUT2D eigenvalue weighted by atomic mass is 35.5. The smallest absolute Gasteiger partial charge is 0.216 e. The van der Waals surface area contributed by atoms with E-state index in [-0.39, 0.29) is 0 Å². The molecule has 1 N–H and O–H groups in total. The van der Waals surface area contributed by atoms with Gasteiger partial charge >= 0.3 is 0 Å². The van der Waals surface area contributed by atoms with Crippen LogP contribution in [-0.2, 0) is 0 Å². The van der Waals surface area contributed by atoms with E-state index in [1.165, 1.54) is 4.68 Å². The molecule has 26 heavy (non-hydrogen) atoms. The molecule has 134 valence electrons. The first-order valence-corrected chi connectivity index (χ1v) is 8.59. The van der Waals surface area contributed by atoms with Gasteiger partial charge in [0.2, 0.25) is 4.77 Å². The Hall–Kier alpha value is -2.35. The second kappa shape index (κ2) is 7.90. The number of ether oxygens (including phenoxy) is 2. The molecule has 0 saturated heterocycles. The molecule has 0 aliphatic carbocycles. The number of methoxy groups -OCH3 is 2. The topological polar surface area (TPSA) is 64.4 Å². The van der Waals surface area contributed by atoms with Crippen LogP contribution in [-0.4, -0.2) is 35.3 Å². The lowest BCUT2D eigenvalue weighted by Gasteiger charge is -2.09. The maximum atomic E-state index is 6.17. The van der Waals surface area contributed by atoms with Crippen molar-refractivity contribution in [3.05, 3.63) is 56.8 Å². The second-order valence-electron chi connectivity index (χ2n) is 5.14. The lowest BCUT2D eigenvalue weighted by molar-refractivity contribution is 0.355. The summed E-state index contributed by atoms with van der Waals surface area (Å²) in [5.74, 6) is 1.72. The molecule has 0 saturated carbocycles. The Bertz CT molecular complexity index is 1030. The minimum atomic E-state index is 0.344. The van der Waals surface area contributed by atoms with E-state index >= 15 is 0 Å². The Kier molecular flexibility index (Phi) is 5.61. The molecule has 0 aliphatic rings. The Morgan fingerprint density at radius 3 is 2.58 bits per heavy atom. The Morgan fingerprint density at radius 2 is 1.88 bits per heavy atom. The van der Waals surface area contributed by atoms with Gasteiger partial charge in [-0.2, -0.15) is 14.9 Å². The average Bonchev–Trinajstić information content (AvgIpc) is 3.01. The quantitative estimate of drug-likeness (QED) is 0.485. The Labute approximate surface area is 165 Å². The van der Waals surface area contributed by atoms with Crippen LogP contribution in [0.25, 0.3) is 11.4 Å². The van der Waals surface area contributed by atoms with Crippen molar-refractivity contribution in [3.8, 4) is 22.9 Å². The fourth-order valence-electron chi connectivity index (χ4n) is 2.29. The summed E-state index contributed by atoms with van der Waals surface area (Å²) >= 11 is 17.4. The number of hydrogen-bond donors (Lipinski definition) is 1. The van der Waals surface area contributed by atoms with Crippen molar-refractivity contribution in [2.75, 3.05) is 14.2 Å². The van der Waals surface area contributed by atoms with Crippen molar-refractivity contribution < 1.29 is 9.47 Å². The molecule has 0 amide bonds. The lowest BCUT2D eigenvalue weighted by Crippen LogP contribution is -1.97. The molecule has 2 aromatic carbocycles. The molecule has 3 rings (SSSR count). The maximum Gasteiger partial charge on any atom is 0.216 e. The molecule has 9 heteroatoms. The van der Waals surface area contributed by atoms with Gasteiger partial charge in [0.25, 0.3) is 0 Å². The van der Waals surface area contributed by atoms with Crippen molar-refractivity contribution in [2.24, 2.45) is 5.10 Å². The van der Waals surface area contributed by atoms with Crippen molar-refractivity contribution in [2.45, 2.75) is 0 Å². The van der Waals surface area contributed by atoms with Crippen LogP contribution in [0.5, 0.6) is 11.5 Å². The first-order valence-electron chi connectivity index (χ1n) is 7.42. The van der Waals surface area contributed by atoms with Gasteiger partial charge in [0, 0.05) is 16.1 Å². The number of nitrogens with one attached hydrogen (secondary N) is 1. The molecule has 6 nitrogen and oxygen atoms in total. The summed E-state index contributed by atoms with van der Waals surface area (Å²) < 4.78 is 12.4. The van der Waals surface area contributed by atoms with Crippen molar-refractivity contribution in [1.29, 1.82) is 0 Å². The summed E-state index contributed by atoms with van der Waals surface area (Å²) in [4.78, 5) is 0. The molecule has 0 radical (unpaired) electrons. The fraction of sp³-hybridized carbons (Fsp3) is 0.118. The Morgan fingerprint density at radius 1 is 1.12 bits per heavy atom. The van der Waals surface area contributed by atoms with E-state index in [1.807, 2.05) is 6.07 Å². The molecular weight excluding hydrogens is 395 g/mol. The normalized spacial score (nSPS) is 11.1. The minimum absolute atomic E-state index is 0.344. The molecule has 1 heterocycles. The van der Waals surface area contributed by atoms with Gasteiger partial charge < -0.3 is 9.47 Å². The zero-order valence-electron chi connectivity index (χ0n) is 13.9. The molecular formula is C17H14Cl2N4O2S. The third-order valence-electron chi connectivity index (χ3n) is 3.57. The van der Waals surface area contributed by atoms with Crippen LogP contribution in [0.15, 0.2) is 41.5 Å². The van der Waals surface area contributed by atoms with E-state index in [9.17, 15) is 0 Å². The SMILES string of the molecule is COc1ccc(-c2n[nH]c(=S)n2N=Cc2ccc(Cl)cc2Cl)cc1OC. The monoisotopic (exact) mass is 408 g/mol. The minimum Gasteiger partial charge on any atom is -0.493 e. The highest BCUT2D eigenvalue weighted by molar-refractivity contribution is 7.71. The average molecular weight is 409 g/mol. The van der Waals surface area contributed by atoms with Gasteiger partial charge in [-0.05, 0) is 42.5 Å². The summed E-state index contributed by atoms with van der Waals surface area (Å²) in [5.41, 5.74) is 1.46. The summed E-state index contributed by atoms with van der Waals surface area (Å²) in [6, 6.07) is 10.6. The van der Waals surface area contributed by atoms with Gasteiger partial charge in [-0.3, -0.25) is 0 Å². The number of hydrogen-bond acceptors (Lipinski definition) is 5. The van der Waals surface area contributed by atoms with Crippen LogP contribution in [0.2, 0.25) is 10.0 Å². The van der Waals surface area contributed by atoms with Crippen LogP contribution < -0.4 is 9.47 Å². The largest absolute Gasteiger partial charge is 0.493 e. The third-order valence-corrected chi connectivity index (χ3v) is 4.39. The first-order chi connectivity index (χ1) is 12.5. The van der Waals surface area contributed by atoms with E-state index < -0.39 is 0 Å². The van der Waals surface area contributed by atoms with Gasteiger partial charge in [-0.1, -0.05) is 29.3 Å². The number of rotatable bonds is 5. The van der Waals surface area contributed by atoms with Gasteiger partial charge in [0.15, 0.2) is 17.3 Å². The lowest BCUT2D eigenvalue weighted by atomic mass is 10.2. The zero-order valence-corrected chi connectivity index (χ0v) is 16.2. The van der Waals surface area contributed by atoms with Crippen LogP contribution in [0.1, 0.15) is 5.56 Å². The van der Waals surface area contributed by atoms with Gasteiger partial charge in [-0.25, -0.2) is 5.10 Å². The standard InChI is InChI=1S/C17H14Cl2N4O2S/c1-24-14-6-4-10(7-15(14)25-2)16-21-22-17(26)23(16)20-9-11-3-5-12(18)8-13(11)19/h3-9H,1-2H3,(H,22,26). The van der Waals surface area contributed by atoms with Gasteiger partial charge in [-0.15, -0.1) is 0 Å². The molecule has 0 unspecified atom stereocenters. The summed E-state index contributed by atoms with van der Waals surface area (Å²) in [6.45, 7) is 0. The number of aromatic amines is 1. The highest BCUT2D eigenvalue weighted by Gasteiger charge is 2.12. The summed E-state index contributed by atoms with van der Waals surface area (Å²) in [7, 11) is 3.15. The van der Waals surface area contributed by atoms with E-state index in [1.54, 1.807) is 50.8 Å². The van der Waals surface area contributed by atoms with Crippen LogP contribution in [0, 0.1) is 4.77 Å². The molecule has 0 bridgehead atoms. The Balaban J connectivity index is 2.02. The van der Waals surface area contributed by atoms with E-state index in [0.717, 1.165) is 5.56 Å². The molecule has 0 aliphatic heterocycles. The van der Waals surface area contributed by atoms with E-state index in [0.29, 0.717) is 37.7 Å². The highest BCUT2D eigenvalue weighted by Crippen LogP contribution is 2.31. The zero-order chi connectivity index (χ0) is 18.7. The summed E-state index contributed by atoms with van der Waals surface area (Å²) in [6.07, 6.45) is 1.59. The molecule has 0 atom stereocenters.